The van der Waals surface area contributed by atoms with Crippen LogP contribution in [0.5, 0.6) is 5.88 Å². The molecule has 8 heteroatoms. The van der Waals surface area contributed by atoms with Crippen LogP contribution in [0.1, 0.15) is 17.7 Å². The van der Waals surface area contributed by atoms with Crippen molar-refractivity contribution in [2.24, 2.45) is 0 Å². The van der Waals surface area contributed by atoms with Gasteiger partial charge in [-0.15, -0.1) is 0 Å². The van der Waals surface area contributed by atoms with Crippen molar-refractivity contribution in [3.05, 3.63) is 94.2 Å². The van der Waals surface area contributed by atoms with E-state index in [1.807, 2.05) is 60.7 Å². The zero-order valence-electron chi connectivity index (χ0n) is 17.4. The average Bonchev–Trinajstić information content (AvgIpc) is 3.22. The molecule has 0 aliphatic rings. The fourth-order valence-electron chi connectivity index (χ4n) is 3.21. The zero-order valence-corrected chi connectivity index (χ0v) is 18.9. The van der Waals surface area contributed by atoms with Crippen LogP contribution in [-0.2, 0) is 13.1 Å². The van der Waals surface area contributed by atoms with Gasteiger partial charge in [-0.3, -0.25) is 0 Å². The quantitative estimate of drug-likeness (QED) is 0.322. The Morgan fingerprint density at radius 1 is 0.906 bits per heavy atom. The summed E-state index contributed by atoms with van der Waals surface area (Å²) < 4.78 is 5.64. The van der Waals surface area contributed by atoms with E-state index in [1.54, 1.807) is 17.1 Å². The summed E-state index contributed by atoms with van der Waals surface area (Å²) in [4.78, 5) is 5.85. The Morgan fingerprint density at radius 2 is 1.75 bits per heavy atom. The second-order valence-electron chi connectivity index (χ2n) is 7.19. The SMILES string of the molecule is Clc1ccc(Cn2nc(CNCCCOc3ccccn3)c(-c3ccccc3)n2)cc1Cl. The van der Waals surface area contributed by atoms with Crippen molar-refractivity contribution in [3.8, 4) is 17.1 Å². The van der Waals surface area contributed by atoms with E-state index in [-0.39, 0.29) is 0 Å². The van der Waals surface area contributed by atoms with Gasteiger partial charge in [0.15, 0.2) is 0 Å². The summed E-state index contributed by atoms with van der Waals surface area (Å²) in [5, 5.41) is 14.0. The molecular weight excluding hydrogens is 445 g/mol. The molecule has 1 N–H and O–H groups in total. The van der Waals surface area contributed by atoms with E-state index in [1.165, 1.54) is 0 Å². The van der Waals surface area contributed by atoms with Gasteiger partial charge in [-0.1, -0.05) is 65.7 Å². The number of ether oxygens (including phenoxy) is 1. The lowest BCUT2D eigenvalue weighted by Gasteiger charge is -2.06. The molecule has 4 rings (SSSR count). The van der Waals surface area contributed by atoms with Crippen molar-refractivity contribution < 1.29 is 4.74 Å². The first-order valence-corrected chi connectivity index (χ1v) is 11.1. The van der Waals surface area contributed by atoms with Gasteiger partial charge in [0.25, 0.3) is 0 Å². The van der Waals surface area contributed by atoms with Gasteiger partial charge < -0.3 is 10.1 Å². The van der Waals surface area contributed by atoms with Crippen LogP contribution < -0.4 is 10.1 Å². The topological polar surface area (TPSA) is 64.9 Å². The highest BCUT2D eigenvalue weighted by molar-refractivity contribution is 6.42. The zero-order chi connectivity index (χ0) is 22.2. The summed E-state index contributed by atoms with van der Waals surface area (Å²) in [6.07, 6.45) is 2.58. The first-order chi connectivity index (χ1) is 15.7. The van der Waals surface area contributed by atoms with E-state index in [4.69, 9.17) is 38.1 Å². The van der Waals surface area contributed by atoms with Gasteiger partial charge in [-0.05, 0) is 36.7 Å². The number of aromatic nitrogens is 4. The molecule has 2 heterocycles. The molecule has 164 valence electrons. The monoisotopic (exact) mass is 467 g/mol. The highest BCUT2D eigenvalue weighted by atomic mass is 35.5. The molecule has 0 bridgehead atoms. The van der Waals surface area contributed by atoms with Crippen molar-refractivity contribution in [2.75, 3.05) is 13.2 Å². The highest BCUT2D eigenvalue weighted by Crippen LogP contribution is 2.24. The van der Waals surface area contributed by atoms with Crippen LogP contribution in [0, 0.1) is 0 Å². The number of hydrogen-bond donors (Lipinski definition) is 1. The van der Waals surface area contributed by atoms with E-state index in [0.29, 0.717) is 35.6 Å². The molecule has 0 saturated heterocycles. The maximum Gasteiger partial charge on any atom is 0.213 e. The number of rotatable bonds is 10. The average molecular weight is 468 g/mol. The van der Waals surface area contributed by atoms with Crippen LogP contribution in [0.15, 0.2) is 72.9 Å². The van der Waals surface area contributed by atoms with E-state index in [0.717, 1.165) is 35.5 Å². The predicted molar refractivity (Wildman–Crippen MR) is 127 cm³/mol. The van der Waals surface area contributed by atoms with Crippen molar-refractivity contribution >= 4 is 23.2 Å². The fraction of sp³-hybridized carbons (Fsp3) is 0.208. The fourth-order valence-corrected chi connectivity index (χ4v) is 3.53. The second-order valence-corrected chi connectivity index (χ2v) is 8.00. The van der Waals surface area contributed by atoms with Crippen molar-refractivity contribution in [1.82, 2.24) is 25.3 Å². The van der Waals surface area contributed by atoms with Crippen molar-refractivity contribution in [3.63, 3.8) is 0 Å². The normalized spacial score (nSPS) is 10.9. The molecule has 2 aromatic heterocycles. The van der Waals surface area contributed by atoms with Gasteiger partial charge in [-0.2, -0.15) is 15.0 Å². The molecule has 0 spiro atoms. The molecule has 6 nitrogen and oxygen atoms in total. The number of nitrogens with zero attached hydrogens (tertiary/aromatic N) is 4. The lowest BCUT2D eigenvalue weighted by Crippen LogP contribution is -2.18. The summed E-state index contributed by atoms with van der Waals surface area (Å²) >= 11 is 12.2. The van der Waals surface area contributed by atoms with Crippen molar-refractivity contribution in [1.29, 1.82) is 0 Å². The molecule has 0 unspecified atom stereocenters. The molecule has 0 aliphatic carbocycles. The Hall–Kier alpha value is -2.93. The number of benzene rings is 2. The number of halogens is 2. The maximum absolute atomic E-state index is 6.16. The molecule has 2 aromatic carbocycles. The molecule has 0 saturated carbocycles. The van der Waals surface area contributed by atoms with Crippen LogP contribution in [0.3, 0.4) is 0 Å². The third-order valence-electron chi connectivity index (χ3n) is 4.76. The Balaban J connectivity index is 1.39. The summed E-state index contributed by atoms with van der Waals surface area (Å²) in [7, 11) is 0. The summed E-state index contributed by atoms with van der Waals surface area (Å²) in [5.74, 6) is 0.643. The Bertz CT molecular complexity index is 1140. The third kappa shape index (κ3) is 6.07. The van der Waals surface area contributed by atoms with E-state index in [9.17, 15) is 0 Å². The van der Waals surface area contributed by atoms with Crippen LogP contribution in [-0.4, -0.2) is 33.1 Å². The van der Waals surface area contributed by atoms with Crippen LogP contribution in [0.25, 0.3) is 11.3 Å². The first kappa shape index (κ1) is 22.3. The third-order valence-corrected chi connectivity index (χ3v) is 5.50. The molecule has 0 atom stereocenters. The van der Waals surface area contributed by atoms with Gasteiger partial charge >= 0.3 is 0 Å². The van der Waals surface area contributed by atoms with Crippen LogP contribution in [0.2, 0.25) is 10.0 Å². The van der Waals surface area contributed by atoms with Gasteiger partial charge in [0, 0.05) is 24.4 Å². The molecule has 0 amide bonds. The lowest BCUT2D eigenvalue weighted by molar-refractivity contribution is 0.296. The van der Waals surface area contributed by atoms with Gasteiger partial charge in [0.1, 0.15) is 11.4 Å². The Kier molecular flexibility index (Phi) is 7.72. The lowest BCUT2D eigenvalue weighted by atomic mass is 10.1. The molecule has 0 aliphatic heterocycles. The Morgan fingerprint density at radius 3 is 2.53 bits per heavy atom. The van der Waals surface area contributed by atoms with Crippen LogP contribution in [0.4, 0.5) is 0 Å². The molecule has 0 fully saturated rings. The first-order valence-electron chi connectivity index (χ1n) is 10.4. The molecular formula is C24H23Cl2N5O. The molecule has 0 radical (unpaired) electrons. The highest BCUT2D eigenvalue weighted by Gasteiger charge is 2.13. The standard InChI is InChI=1S/C24H23Cl2N5O/c25-20-11-10-18(15-21(20)26)17-31-29-22(24(30-31)19-7-2-1-3-8-19)16-27-12-6-14-32-23-9-4-5-13-28-23/h1-5,7-11,13,15,27H,6,12,14,16-17H2. The Labute approximate surface area is 197 Å². The van der Waals surface area contributed by atoms with E-state index >= 15 is 0 Å². The maximum atomic E-state index is 6.16. The minimum absolute atomic E-state index is 0.509. The minimum atomic E-state index is 0.509. The molecule has 4 aromatic rings. The van der Waals surface area contributed by atoms with E-state index < -0.39 is 0 Å². The van der Waals surface area contributed by atoms with Gasteiger partial charge in [0.05, 0.1) is 23.2 Å². The summed E-state index contributed by atoms with van der Waals surface area (Å²) in [6, 6.07) is 21.3. The summed E-state index contributed by atoms with van der Waals surface area (Å²) in [5.41, 5.74) is 3.77. The van der Waals surface area contributed by atoms with Crippen LogP contribution >= 0.6 is 23.2 Å². The van der Waals surface area contributed by atoms with Gasteiger partial charge in [-0.25, -0.2) is 4.98 Å². The van der Waals surface area contributed by atoms with E-state index in [2.05, 4.69) is 10.3 Å². The van der Waals surface area contributed by atoms with Crippen molar-refractivity contribution in [2.45, 2.75) is 19.5 Å². The number of hydrogen-bond acceptors (Lipinski definition) is 5. The number of pyridine rings is 1. The largest absolute Gasteiger partial charge is 0.478 e. The van der Waals surface area contributed by atoms with Gasteiger partial charge in [0.2, 0.25) is 5.88 Å². The summed E-state index contributed by atoms with van der Waals surface area (Å²) in [6.45, 7) is 2.50. The number of nitrogens with one attached hydrogen (secondary N) is 1. The molecule has 32 heavy (non-hydrogen) atoms. The predicted octanol–water partition coefficient (Wildman–Crippen LogP) is 5.25. The minimum Gasteiger partial charge on any atom is -0.478 e. The second kappa shape index (κ2) is 11.1. The smallest absolute Gasteiger partial charge is 0.213 e.